The minimum atomic E-state index is -0.272. The molecule has 0 atom stereocenters. The highest BCUT2D eigenvalue weighted by atomic mass is 16.5. The van der Waals surface area contributed by atoms with Gasteiger partial charge in [-0.3, -0.25) is 0 Å². The van der Waals surface area contributed by atoms with Crippen molar-refractivity contribution in [2.75, 3.05) is 13.2 Å². The number of nitrogens with zero attached hydrogens (tertiary/aromatic N) is 2. The molecule has 0 N–H and O–H groups in total. The molecule has 0 aliphatic carbocycles. The number of esters is 1. The summed E-state index contributed by atoms with van der Waals surface area (Å²) < 4.78 is 11.3. The molecule has 0 saturated carbocycles. The molecule has 0 aromatic heterocycles. The fraction of sp³-hybridized carbons (Fsp3) is 0.675. The number of unbranched alkanes of at least 4 members (excludes halogenated alkanes) is 21. The van der Waals surface area contributed by atoms with E-state index in [0.717, 1.165) is 37.3 Å². The van der Waals surface area contributed by atoms with Crippen LogP contribution in [0.2, 0.25) is 0 Å². The molecule has 2 aromatic carbocycles. The maximum atomic E-state index is 12.4. The van der Waals surface area contributed by atoms with E-state index in [1.807, 2.05) is 24.3 Å². The molecular weight excluding hydrogens is 556 g/mol. The monoisotopic (exact) mass is 620 g/mol. The fourth-order valence-corrected chi connectivity index (χ4v) is 5.54. The molecule has 2 rings (SSSR count). The Kier molecular flexibility index (Phi) is 23.6. The predicted octanol–water partition coefficient (Wildman–Crippen LogP) is 13.6. The van der Waals surface area contributed by atoms with Gasteiger partial charge in [-0.05, 0) is 61.4 Å². The van der Waals surface area contributed by atoms with E-state index >= 15 is 0 Å². The molecule has 0 fully saturated rings. The summed E-state index contributed by atoms with van der Waals surface area (Å²) in [5.41, 5.74) is 2.01. The van der Waals surface area contributed by atoms with Crippen molar-refractivity contribution < 1.29 is 14.3 Å². The third-order valence-electron chi connectivity index (χ3n) is 8.47. The highest BCUT2D eigenvalue weighted by molar-refractivity contribution is 5.89. The Morgan fingerprint density at radius 3 is 1.24 bits per heavy atom. The zero-order valence-corrected chi connectivity index (χ0v) is 28.9. The van der Waals surface area contributed by atoms with Crippen molar-refractivity contribution in [3.05, 3.63) is 54.1 Å². The van der Waals surface area contributed by atoms with Gasteiger partial charge in [-0.1, -0.05) is 149 Å². The van der Waals surface area contributed by atoms with Gasteiger partial charge in [0, 0.05) is 0 Å². The summed E-state index contributed by atoms with van der Waals surface area (Å²) >= 11 is 0. The van der Waals surface area contributed by atoms with Crippen molar-refractivity contribution in [3.63, 3.8) is 0 Å². The van der Waals surface area contributed by atoms with E-state index in [4.69, 9.17) is 9.47 Å². The number of hydrogen-bond donors (Lipinski definition) is 0. The average Bonchev–Trinajstić information content (AvgIpc) is 3.07. The Morgan fingerprint density at radius 2 is 0.822 bits per heavy atom. The molecule has 0 spiro atoms. The van der Waals surface area contributed by atoms with E-state index in [0.29, 0.717) is 17.9 Å². The van der Waals surface area contributed by atoms with E-state index < -0.39 is 0 Å². The standard InChI is InChI=1S/C40H64N2O3/c1-3-5-7-9-11-12-13-14-15-16-17-18-19-21-23-25-35-45-40(43)36-26-28-37(29-27-36)41-42-38-30-32-39(33-31-38)44-34-24-22-20-10-8-6-4-2/h26-33H,3-25,34-35H2,1-2H3. The lowest BCUT2D eigenvalue weighted by atomic mass is 10.0. The number of rotatable bonds is 29. The number of carbonyl (C=O) groups excluding carboxylic acids is 1. The number of carbonyl (C=O) groups is 1. The van der Waals surface area contributed by atoms with Crippen LogP contribution in [0.5, 0.6) is 5.75 Å². The first-order valence-corrected chi connectivity index (χ1v) is 18.6. The molecular formula is C40H64N2O3. The molecule has 0 unspecified atom stereocenters. The minimum absolute atomic E-state index is 0.272. The summed E-state index contributed by atoms with van der Waals surface area (Å²) in [5.74, 6) is 0.592. The van der Waals surface area contributed by atoms with Crippen LogP contribution in [0.4, 0.5) is 11.4 Å². The second-order valence-electron chi connectivity index (χ2n) is 12.6. The van der Waals surface area contributed by atoms with Crippen LogP contribution in [0.3, 0.4) is 0 Å². The number of hydrogen-bond acceptors (Lipinski definition) is 5. The van der Waals surface area contributed by atoms with Crippen molar-refractivity contribution in [3.8, 4) is 5.75 Å². The van der Waals surface area contributed by atoms with E-state index in [1.165, 1.54) is 128 Å². The number of benzene rings is 2. The first-order chi connectivity index (χ1) is 22.2. The molecule has 0 aliphatic heterocycles. The van der Waals surface area contributed by atoms with Crippen LogP contribution >= 0.6 is 0 Å². The van der Waals surface area contributed by atoms with E-state index in [1.54, 1.807) is 24.3 Å². The Morgan fingerprint density at radius 1 is 0.467 bits per heavy atom. The lowest BCUT2D eigenvalue weighted by Gasteiger charge is -2.06. The second-order valence-corrected chi connectivity index (χ2v) is 12.6. The molecule has 0 heterocycles. The molecule has 5 heteroatoms. The quantitative estimate of drug-likeness (QED) is 0.0516. The highest BCUT2D eigenvalue weighted by Gasteiger charge is 2.07. The van der Waals surface area contributed by atoms with Gasteiger partial charge in [-0.25, -0.2) is 4.79 Å². The van der Waals surface area contributed by atoms with Crippen molar-refractivity contribution in [1.29, 1.82) is 0 Å². The maximum Gasteiger partial charge on any atom is 0.338 e. The van der Waals surface area contributed by atoms with Crippen LogP contribution in [0.15, 0.2) is 58.8 Å². The first kappa shape index (κ1) is 38.5. The third-order valence-corrected chi connectivity index (χ3v) is 8.47. The van der Waals surface area contributed by atoms with Crippen molar-refractivity contribution in [2.24, 2.45) is 10.2 Å². The molecule has 252 valence electrons. The average molecular weight is 621 g/mol. The Hall–Kier alpha value is -2.69. The molecule has 2 aromatic rings. The first-order valence-electron chi connectivity index (χ1n) is 18.6. The van der Waals surface area contributed by atoms with Gasteiger partial charge in [-0.15, -0.1) is 0 Å². The summed E-state index contributed by atoms with van der Waals surface area (Å²) in [7, 11) is 0. The fourth-order valence-electron chi connectivity index (χ4n) is 5.54. The van der Waals surface area contributed by atoms with E-state index in [2.05, 4.69) is 24.1 Å². The van der Waals surface area contributed by atoms with Gasteiger partial charge in [0.25, 0.3) is 0 Å². The van der Waals surface area contributed by atoms with Crippen LogP contribution in [0.25, 0.3) is 0 Å². The Balaban J connectivity index is 1.47. The van der Waals surface area contributed by atoms with Crippen LogP contribution < -0.4 is 4.74 Å². The summed E-state index contributed by atoms with van der Waals surface area (Å²) in [5, 5.41) is 8.62. The summed E-state index contributed by atoms with van der Waals surface area (Å²) in [4.78, 5) is 12.4. The van der Waals surface area contributed by atoms with Crippen LogP contribution in [0.1, 0.15) is 172 Å². The van der Waals surface area contributed by atoms with Crippen LogP contribution in [-0.2, 0) is 4.74 Å². The van der Waals surface area contributed by atoms with Crippen molar-refractivity contribution >= 4 is 17.3 Å². The molecule has 45 heavy (non-hydrogen) atoms. The van der Waals surface area contributed by atoms with Gasteiger partial charge in [-0.2, -0.15) is 10.2 Å². The smallest absolute Gasteiger partial charge is 0.338 e. The van der Waals surface area contributed by atoms with Gasteiger partial charge in [0.1, 0.15) is 5.75 Å². The van der Waals surface area contributed by atoms with Crippen LogP contribution in [-0.4, -0.2) is 19.2 Å². The largest absolute Gasteiger partial charge is 0.494 e. The maximum absolute atomic E-state index is 12.4. The summed E-state index contributed by atoms with van der Waals surface area (Å²) in [6, 6.07) is 14.8. The van der Waals surface area contributed by atoms with E-state index in [9.17, 15) is 4.79 Å². The van der Waals surface area contributed by atoms with Crippen molar-refractivity contribution in [2.45, 2.75) is 162 Å². The number of azo groups is 1. The lowest BCUT2D eigenvalue weighted by molar-refractivity contribution is 0.0497. The topological polar surface area (TPSA) is 60.2 Å². The van der Waals surface area contributed by atoms with Gasteiger partial charge in [0.05, 0.1) is 30.2 Å². The van der Waals surface area contributed by atoms with Crippen molar-refractivity contribution in [1.82, 2.24) is 0 Å². The molecule has 0 saturated heterocycles. The second kappa shape index (κ2) is 27.6. The predicted molar refractivity (Wildman–Crippen MR) is 190 cm³/mol. The Bertz CT molecular complexity index is 988. The van der Waals surface area contributed by atoms with Gasteiger partial charge >= 0.3 is 5.97 Å². The molecule has 0 aliphatic rings. The van der Waals surface area contributed by atoms with Gasteiger partial charge in [0.15, 0.2) is 0 Å². The van der Waals surface area contributed by atoms with Gasteiger partial charge in [0.2, 0.25) is 0 Å². The third kappa shape index (κ3) is 20.9. The zero-order valence-electron chi connectivity index (χ0n) is 28.9. The summed E-state index contributed by atoms with van der Waals surface area (Å²) in [6.07, 6.45) is 30.3. The number of ether oxygens (including phenoxy) is 2. The molecule has 0 bridgehead atoms. The molecule has 5 nitrogen and oxygen atoms in total. The van der Waals surface area contributed by atoms with E-state index in [-0.39, 0.29) is 5.97 Å². The lowest BCUT2D eigenvalue weighted by Crippen LogP contribution is -2.06. The molecule has 0 radical (unpaired) electrons. The van der Waals surface area contributed by atoms with Crippen LogP contribution in [0, 0.1) is 0 Å². The Labute approximate surface area is 276 Å². The minimum Gasteiger partial charge on any atom is -0.494 e. The van der Waals surface area contributed by atoms with Gasteiger partial charge < -0.3 is 9.47 Å². The molecule has 0 amide bonds. The zero-order chi connectivity index (χ0) is 32.0. The summed E-state index contributed by atoms with van der Waals surface area (Å²) in [6.45, 7) is 5.77. The SMILES string of the molecule is CCCCCCCCCCCCCCCCCCOC(=O)c1ccc(N=Nc2ccc(OCCCCCCCCC)cc2)cc1. The normalized spacial score (nSPS) is 11.3. The highest BCUT2D eigenvalue weighted by Crippen LogP contribution is 2.22.